The first-order valence-corrected chi connectivity index (χ1v) is 10.0. The molecule has 2 aromatic rings. The molecule has 1 heterocycles. The molecular weight excluding hydrogens is 350 g/mol. The normalized spacial score (nSPS) is 16.4. The Morgan fingerprint density at radius 2 is 1.89 bits per heavy atom. The van der Waals surface area contributed by atoms with Crippen molar-refractivity contribution >= 4 is 17.6 Å². The Bertz CT molecular complexity index is 822. The molecule has 0 saturated carbocycles. The molecule has 3 amide bonds. The number of piperidine rings is 1. The zero-order valence-electron chi connectivity index (χ0n) is 16.7. The maximum absolute atomic E-state index is 12.6. The summed E-state index contributed by atoms with van der Waals surface area (Å²) in [6.07, 6.45) is 3.45. The fraction of sp³-hybridized carbons (Fsp3) is 0.391. The standard InChI is InChI=1S/C23H29N3O2/c1-3-23(2,19-11-5-4-6-12-19)25-22(28)24-20-13-9-10-18(16-20)17-26-15-8-7-14-21(26)27/h4-6,9-13,16H,3,7-8,14-15,17H2,1-2H3,(H2,24,25,28)/t23-/m0/s1. The number of carbonyl (C=O) groups excluding carboxylic acids is 2. The summed E-state index contributed by atoms with van der Waals surface area (Å²) in [6, 6.07) is 17.5. The number of hydrogen-bond acceptors (Lipinski definition) is 2. The number of likely N-dealkylation sites (tertiary alicyclic amines) is 1. The third kappa shape index (κ3) is 4.91. The number of rotatable bonds is 6. The van der Waals surface area contributed by atoms with E-state index in [2.05, 4.69) is 17.6 Å². The minimum absolute atomic E-state index is 0.212. The van der Waals surface area contributed by atoms with Crippen LogP contribution in [0.25, 0.3) is 0 Å². The summed E-state index contributed by atoms with van der Waals surface area (Å²) in [5.41, 5.74) is 2.38. The van der Waals surface area contributed by atoms with Crippen molar-refractivity contribution in [1.82, 2.24) is 10.2 Å². The summed E-state index contributed by atoms with van der Waals surface area (Å²) in [5, 5.41) is 6.04. The molecule has 3 rings (SSSR count). The number of nitrogens with one attached hydrogen (secondary N) is 2. The molecule has 0 aromatic heterocycles. The predicted octanol–water partition coefficient (Wildman–Crippen LogP) is 4.65. The van der Waals surface area contributed by atoms with Gasteiger partial charge in [0.25, 0.3) is 0 Å². The zero-order chi connectivity index (χ0) is 20.0. The molecule has 5 nitrogen and oxygen atoms in total. The van der Waals surface area contributed by atoms with Crippen molar-refractivity contribution in [2.24, 2.45) is 0 Å². The van der Waals surface area contributed by atoms with E-state index in [1.54, 1.807) is 0 Å². The lowest BCUT2D eigenvalue weighted by Gasteiger charge is -2.30. The predicted molar refractivity (Wildman–Crippen MR) is 112 cm³/mol. The number of benzene rings is 2. The Labute approximate surface area is 167 Å². The van der Waals surface area contributed by atoms with Gasteiger partial charge in [0.1, 0.15) is 0 Å². The molecule has 2 N–H and O–H groups in total. The van der Waals surface area contributed by atoms with Crippen molar-refractivity contribution in [3.05, 3.63) is 65.7 Å². The highest BCUT2D eigenvalue weighted by Gasteiger charge is 2.26. The van der Waals surface area contributed by atoms with Gasteiger partial charge in [-0.15, -0.1) is 0 Å². The van der Waals surface area contributed by atoms with Gasteiger partial charge in [0, 0.05) is 25.2 Å². The van der Waals surface area contributed by atoms with Gasteiger partial charge < -0.3 is 15.5 Å². The van der Waals surface area contributed by atoms with Gasteiger partial charge in [-0.05, 0) is 49.4 Å². The molecule has 28 heavy (non-hydrogen) atoms. The second-order valence-corrected chi connectivity index (χ2v) is 7.60. The van der Waals surface area contributed by atoms with Gasteiger partial charge in [0.2, 0.25) is 5.91 Å². The van der Waals surface area contributed by atoms with E-state index in [9.17, 15) is 9.59 Å². The molecule has 1 fully saturated rings. The van der Waals surface area contributed by atoms with Crippen LogP contribution in [0.15, 0.2) is 54.6 Å². The minimum atomic E-state index is -0.441. The van der Waals surface area contributed by atoms with Crippen molar-refractivity contribution in [3.8, 4) is 0 Å². The van der Waals surface area contributed by atoms with Crippen LogP contribution in [0.3, 0.4) is 0 Å². The first kappa shape index (κ1) is 19.9. The lowest BCUT2D eigenvalue weighted by atomic mass is 9.89. The molecule has 0 spiro atoms. The fourth-order valence-corrected chi connectivity index (χ4v) is 3.58. The van der Waals surface area contributed by atoms with Crippen molar-refractivity contribution < 1.29 is 9.59 Å². The highest BCUT2D eigenvalue weighted by molar-refractivity contribution is 5.90. The van der Waals surface area contributed by atoms with Crippen LogP contribution in [-0.2, 0) is 16.9 Å². The van der Waals surface area contributed by atoms with E-state index in [0.29, 0.717) is 13.0 Å². The molecule has 2 aromatic carbocycles. The average Bonchev–Trinajstić information content (AvgIpc) is 2.70. The Balaban J connectivity index is 1.64. The van der Waals surface area contributed by atoms with Crippen LogP contribution in [0, 0.1) is 0 Å². The van der Waals surface area contributed by atoms with Gasteiger partial charge in [0.15, 0.2) is 0 Å². The van der Waals surface area contributed by atoms with E-state index in [0.717, 1.165) is 42.6 Å². The SMILES string of the molecule is CC[C@](C)(NC(=O)Nc1cccc(CN2CCCCC2=O)c1)c1ccccc1. The van der Waals surface area contributed by atoms with Crippen LogP contribution in [0.4, 0.5) is 10.5 Å². The second kappa shape index (κ2) is 8.91. The molecule has 0 unspecified atom stereocenters. The third-order valence-electron chi connectivity index (χ3n) is 5.49. The second-order valence-electron chi connectivity index (χ2n) is 7.60. The van der Waals surface area contributed by atoms with Crippen LogP contribution >= 0.6 is 0 Å². The fourth-order valence-electron chi connectivity index (χ4n) is 3.58. The summed E-state index contributed by atoms with van der Waals surface area (Å²) >= 11 is 0. The van der Waals surface area contributed by atoms with E-state index >= 15 is 0 Å². The summed E-state index contributed by atoms with van der Waals surface area (Å²) in [4.78, 5) is 26.6. The van der Waals surface area contributed by atoms with E-state index in [1.165, 1.54) is 0 Å². The third-order valence-corrected chi connectivity index (χ3v) is 5.49. The molecule has 1 aliphatic heterocycles. The molecular formula is C23H29N3O2. The number of hydrogen-bond donors (Lipinski definition) is 2. The first-order valence-electron chi connectivity index (χ1n) is 10.0. The van der Waals surface area contributed by atoms with Crippen LogP contribution < -0.4 is 10.6 Å². The minimum Gasteiger partial charge on any atom is -0.338 e. The zero-order valence-corrected chi connectivity index (χ0v) is 16.7. The van der Waals surface area contributed by atoms with Crippen LogP contribution in [0.1, 0.15) is 50.7 Å². The van der Waals surface area contributed by atoms with Gasteiger partial charge in [-0.3, -0.25) is 4.79 Å². The molecule has 0 radical (unpaired) electrons. The van der Waals surface area contributed by atoms with Gasteiger partial charge in [0.05, 0.1) is 5.54 Å². The highest BCUT2D eigenvalue weighted by atomic mass is 16.2. The van der Waals surface area contributed by atoms with Crippen LogP contribution in [-0.4, -0.2) is 23.4 Å². The van der Waals surface area contributed by atoms with E-state index in [-0.39, 0.29) is 11.9 Å². The maximum atomic E-state index is 12.6. The van der Waals surface area contributed by atoms with Crippen molar-refractivity contribution in [3.63, 3.8) is 0 Å². The first-order chi connectivity index (χ1) is 13.5. The van der Waals surface area contributed by atoms with Crippen LogP contribution in [0.5, 0.6) is 0 Å². The highest BCUT2D eigenvalue weighted by Crippen LogP contribution is 2.24. The van der Waals surface area contributed by atoms with Gasteiger partial charge in [-0.1, -0.05) is 49.4 Å². The molecule has 5 heteroatoms. The molecule has 1 aliphatic rings. The molecule has 0 bridgehead atoms. The summed E-state index contributed by atoms with van der Waals surface area (Å²) in [7, 11) is 0. The van der Waals surface area contributed by atoms with Crippen LogP contribution in [0.2, 0.25) is 0 Å². The quantitative estimate of drug-likeness (QED) is 0.768. The van der Waals surface area contributed by atoms with Gasteiger partial charge >= 0.3 is 6.03 Å². The monoisotopic (exact) mass is 379 g/mol. The lowest BCUT2D eigenvalue weighted by Crippen LogP contribution is -2.45. The summed E-state index contributed by atoms with van der Waals surface area (Å²) < 4.78 is 0. The Morgan fingerprint density at radius 1 is 1.11 bits per heavy atom. The number of anilines is 1. The molecule has 1 saturated heterocycles. The smallest absolute Gasteiger partial charge is 0.319 e. The lowest BCUT2D eigenvalue weighted by molar-refractivity contribution is -0.133. The van der Waals surface area contributed by atoms with E-state index in [1.807, 2.05) is 66.4 Å². The Kier molecular flexibility index (Phi) is 6.34. The number of nitrogens with zero attached hydrogens (tertiary/aromatic N) is 1. The van der Waals surface area contributed by atoms with Crippen molar-refractivity contribution in [2.75, 3.05) is 11.9 Å². The topological polar surface area (TPSA) is 61.4 Å². The molecule has 148 valence electrons. The number of urea groups is 1. The van der Waals surface area contributed by atoms with Gasteiger partial charge in [-0.25, -0.2) is 4.79 Å². The summed E-state index contributed by atoms with van der Waals surface area (Å²) in [6.45, 7) is 5.49. The van der Waals surface area contributed by atoms with E-state index < -0.39 is 5.54 Å². The number of amides is 3. The Hall–Kier alpha value is -2.82. The van der Waals surface area contributed by atoms with Gasteiger partial charge in [-0.2, -0.15) is 0 Å². The van der Waals surface area contributed by atoms with E-state index in [4.69, 9.17) is 0 Å². The van der Waals surface area contributed by atoms with Crippen molar-refractivity contribution in [1.29, 1.82) is 0 Å². The molecule has 0 aliphatic carbocycles. The average molecular weight is 380 g/mol. The summed E-state index contributed by atoms with van der Waals surface area (Å²) in [5.74, 6) is 0.212. The Morgan fingerprint density at radius 3 is 2.61 bits per heavy atom. The largest absolute Gasteiger partial charge is 0.338 e. The maximum Gasteiger partial charge on any atom is 0.319 e. The van der Waals surface area contributed by atoms with Crippen molar-refractivity contribution in [2.45, 2.75) is 51.6 Å². The molecule has 1 atom stereocenters. The number of carbonyl (C=O) groups is 2.